The Kier molecular flexibility index (Phi) is 6.49. The Hall–Kier alpha value is -0.700. The van der Waals surface area contributed by atoms with E-state index in [2.05, 4.69) is 20.8 Å². The van der Waals surface area contributed by atoms with E-state index in [9.17, 15) is 22.9 Å². The molecule has 4 aliphatic carbocycles. The summed E-state index contributed by atoms with van der Waals surface area (Å²) < 4.78 is 38.6. The molecular formula is C24H40O7S. The lowest BCUT2D eigenvalue weighted by atomic mass is 9.43. The van der Waals surface area contributed by atoms with Crippen LogP contribution in [0.3, 0.4) is 0 Å². The lowest BCUT2D eigenvalue weighted by Crippen LogP contribution is -2.59. The molecule has 0 saturated heterocycles. The smallest absolute Gasteiger partial charge is 0.397 e. The van der Waals surface area contributed by atoms with E-state index in [-0.39, 0.29) is 35.2 Å². The van der Waals surface area contributed by atoms with Gasteiger partial charge in [-0.1, -0.05) is 20.8 Å². The summed E-state index contributed by atoms with van der Waals surface area (Å²) in [6, 6.07) is 0. The van der Waals surface area contributed by atoms with Gasteiger partial charge in [0.25, 0.3) is 0 Å². The van der Waals surface area contributed by atoms with Crippen molar-refractivity contribution in [2.45, 2.75) is 97.2 Å². The second kappa shape index (κ2) is 8.51. The summed E-state index contributed by atoms with van der Waals surface area (Å²) >= 11 is 0. The van der Waals surface area contributed by atoms with Gasteiger partial charge in [-0.05, 0) is 104 Å². The van der Waals surface area contributed by atoms with Gasteiger partial charge >= 0.3 is 16.4 Å². The SMILES string of the molecule is C[C@H](CCC(=O)O)[C@H]1CC[C@H]2[C@@H]3[C@@H](OS(=O)(=O)O)C[C@@H]4C[C@H](O)CC[C@]4(C)[C@H]3CC[C@]12C. The van der Waals surface area contributed by atoms with Crippen molar-refractivity contribution >= 4 is 16.4 Å². The molecule has 0 spiro atoms. The molecule has 0 radical (unpaired) electrons. The van der Waals surface area contributed by atoms with Crippen molar-refractivity contribution < 1.29 is 32.2 Å². The fourth-order valence-corrected chi connectivity index (χ4v) is 9.48. The number of aliphatic hydroxyl groups is 1. The Morgan fingerprint density at radius 1 is 1.06 bits per heavy atom. The Labute approximate surface area is 192 Å². The maximum absolute atomic E-state index is 11.8. The van der Waals surface area contributed by atoms with E-state index in [0.717, 1.165) is 38.5 Å². The summed E-state index contributed by atoms with van der Waals surface area (Å²) in [5.41, 5.74) is 0.0780. The summed E-state index contributed by atoms with van der Waals surface area (Å²) in [6.45, 7) is 6.82. The zero-order valence-electron chi connectivity index (χ0n) is 19.6. The van der Waals surface area contributed by atoms with Crippen LogP contribution < -0.4 is 0 Å². The zero-order valence-corrected chi connectivity index (χ0v) is 20.4. The minimum Gasteiger partial charge on any atom is -0.481 e. The second-order valence-electron chi connectivity index (χ2n) is 11.9. The van der Waals surface area contributed by atoms with Crippen molar-refractivity contribution in [1.82, 2.24) is 0 Å². The first kappa shape index (κ1) is 24.4. The molecule has 10 atom stereocenters. The maximum Gasteiger partial charge on any atom is 0.397 e. The molecule has 32 heavy (non-hydrogen) atoms. The molecule has 0 heterocycles. The number of carbonyl (C=O) groups is 1. The molecule has 7 nitrogen and oxygen atoms in total. The minimum absolute atomic E-state index is 0.0251. The summed E-state index contributed by atoms with van der Waals surface area (Å²) in [6.07, 6.45) is 6.97. The molecule has 0 aromatic carbocycles. The van der Waals surface area contributed by atoms with Crippen LogP contribution in [0.15, 0.2) is 0 Å². The Morgan fingerprint density at radius 2 is 1.72 bits per heavy atom. The lowest BCUT2D eigenvalue weighted by Gasteiger charge is -2.62. The van der Waals surface area contributed by atoms with Crippen molar-refractivity contribution in [1.29, 1.82) is 0 Å². The fourth-order valence-electron chi connectivity index (χ4n) is 8.96. The number of aliphatic carboxylic acids is 1. The number of rotatable bonds is 6. The second-order valence-corrected chi connectivity index (χ2v) is 12.9. The van der Waals surface area contributed by atoms with E-state index in [1.54, 1.807) is 0 Å². The highest BCUT2D eigenvalue weighted by molar-refractivity contribution is 7.80. The van der Waals surface area contributed by atoms with Gasteiger partial charge in [-0.2, -0.15) is 8.42 Å². The Bertz CT molecular complexity index is 828. The third kappa shape index (κ3) is 4.25. The van der Waals surface area contributed by atoms with Gasteiger partial charge in [-0.25, -0.2) is 4.18 Å². The first-order valence-electron chi connectivity index (χ1n) is 12.4. The van der Waals surface area contributed by atoms with Gasteiger partial charge in [0.1, 0.15) is 0 Å². The quantitative estimate of drug-likeness (QED) is 0.493. The topological polar surface area (TPSA) is 121 Å². The van der Waals surface area contributed by atoms with Crippen LogP contribution in [0.5, 0.6) is 0 Å². The van der Waals surface area contributed by atoms with Gasteiger partial charge in [0.2, 0.25) is 0 Å². The first-order valence-corrected chi connectivity index (χ1v) is 13.8. The van der Waals surface area contributed by atoms with Crippen LogP contribution >= 0.6 is 0 Å². The number of carboxylic acid groups (broad SMARTS) is 1. The number of aliphatic hydroxyl groups excluding tert-OH is 1. The molecule has 0 bridgehead atoms. The number of fused-ring (bicyclic) bond motifs is 5. The van der Waals surface area contributed by atoms with E-state index < -0.39 is 22.5 Å². The highest BCUT2D eigenvalue weighted by Gasteiger charge is 2.63. The molecule has 4 fully saturated rings. The molecule has 3 N–H and O–H groups in total. The number of hydrogen-bond acceptors (Lipinski definition) is 5. The molecule has 4 rings (SSSR count). The summed E-state index contributed by atoms with van der Waals surface area (Å²) in [5, 5.41) is 19.4. The number of carboxylic acids is 1. The average molecular weight is 473 g/mol. The summed E-state index contributed by atoms with van der Waals surface area (Å²) in [4.78, 5) is 11.1. The van der Waals surface area contributed by atoms with Gasteiger partial charge in [0.05, 0.1) is 12.2 Å². The van der Waals surface area contributed by atoms with Gasteiger partial charge in [0, 0.05) is 6.42 Å². The van der Waals surface area contributed by atoms with Gasteiger partial charge in [0.15, 0.2) is 0 Å². The van der Waals surface area contributed by atoms with Crippen LogP contribution in [0.4, 0.5) is 0 Å². The van der Waals surface area contributed by atoms with Crippen LogP contribution in [0.1, 0.15) is 85.0 Å². The third-order valence-electron chi connectivity index (χ3n) is 10.5. The van der Waals surface area contributed by atoms with E-state index in [4.69, 9.17) is 9.29 Å². The molecular weight excluding hydrogens is 432 g/mol. The fraction of sp³-hybridized carbons (Fsp3) is 0.958. The molecule has 8 heteroatoms. The lowest BCUT2D eigenvalue weighted by molar-refractivity contribution is -0.168. The van der Waals surface area contributed by atoms with Crippen LogP contribution in [0, 0.1) is 46.3 Å². The van der Waals surface area contributed by atoms with Crippen molar-refractivity contribution in [2.75, 3.05) is 0 Å². The largest absolute Gasteiger partial charge is 0.481 e. The van der Waals surface area contributed by atoms with Gasteiger partial charge in [-0.15, -0.1) is 0 Å². The Morgan fingerprint density at radius 3 is 2.38 bits per heavy atom. The zero-order chi connectivity index (χ0) is 23.5. The molecule has 0 unspecified atom stereocenters. The highest BCUT2D eigenvalue weighted by Crippen LogP contribution is 2.68. The number of hydrogen-bond donors (Lipinski definition) is 3. The van der Waals surface area contributed by atoms with Crippen LogP contribution in [0.2, 0.25) is 0 Å². The van der Waals surface area contributed by atoms with Gasteiger partial charge in [-0.3, -0.25) is 9.35 Å². The predicted molar refractivity (Wildman–Crippen MR) is 119 cm³/mol. The Balaban J connectivity index is 1.64. The monoisotopic (exact) mass is 472 g/mol. The summed E-state index contributed by atoms with van der Waals surface area (Å²) in [7, 11) is -4.57. The first-order chi connectivity index (χ1) is 14.8. The van der Waals surface area contributed by atoms with E-state index in [0.29, 0.717) is 42.9 Å². The third-order valence-corrected chi connectivity index (χ3v) is 10.9. The average Bonchev–Trinajstić information content (AvgIpc) is 3.03. The minimum atomic E-state index is -4.57. The highest BCUT2D eigenvalue weighted by atomic mass is 32.3. The molecule has 184 valence electrons. The molecule has 4 saturated carbocycles. The van der Waals surface area contributed by atoms with Crippen molar-refractivity contribution in [2.24, 2.45) is 46.3 Å². The van der Waals surface area contributed by atoms with E-state index in [1.165, 1.54) is 0 Å². The van der Waals surface area contributed by atoms with E-state index >= 15 is 0 Å². The van der Waals surface area contributed by atoms with Crippen molar-refractivity contribution in [3.8, 4) is 0 Å². The van der Waals surface area contributed by atoms with Gasteiger partial charge < -0.3 is 10.2 Å². The molecule has 4 aliphatic rings. The maximum atomic E-state index is 11.8. The molecule has 0 aliphatic heterocycles. The standard InChI is InChI=1S/C24H40O7S/c1-14(4-7-21(26)27)17-5-6-18-22-19(9-11-24(17,18)3)23(2)10-8-16(25)12-15(23)13-20(22)31-32(28,29)30/h14-20,22,25H,4-13H2,1-3H3,(H,26,27)(H,28,29,30)/t14-,15+,16-,17-,18+,19+,20+,22+,23+,24-/m1/s1. The van der Waals surface area contributed by atoms with Crippen LogP contribution in [-0.2, 0) is 19.4 Å². The van der Waals surface area contributed by atoms with Crippen LogP contribution in [0.25, 0.3) is 0 Å². The van der Waals surface area contributed by atoms with Crippen LogP contribution in [-0.4, -0.2) is 41.4 Å². The predicted octanol–water partition coefficient (Wildman–Crippen LogP) is 4.31. The van der Waals surface area contributed by atoms with E-state index in [1.807, 2.05) is 0 Å². The van der Waals surface area contributed by atoms with Crippen molar-refractivity contribution in [3.63, 3.8) is 0 Å². The normalized spacial score (nSPS) is 47.2. The van der Waals surface area contributed by atoms with Crippen molar-refractivity contribution in [3.05, 3.63) is 0 Å². The molecule has 0 aromatic rings. The summed E-state index contributed by atoms with van der Waals surface area (Å²) in [5.74, 6) is 0.821. The molecule has 0 aromatic heterocycles. The molecule has 0 amide bonds.